The number of nitrogens with zero attached hydrogens (tertiary/aromatic N) is 3. The van der Waals surface area contributed by atoms with Gasteiger partial charge in [0.15, 0.2) is 5.96 Å². The van der Waals surface area contributed by atoms with Gasteiger partial charge in [0.1, 0.15) is 12.0 Å². The number of aromatic nitrogens is 1. The van der Waals surface area contributed by atoms with Crippen molar-refractivity contribution in [2.24, 2.45) is 10.4 Å². The van der Waals surface area contributed by atoms with Crippen LogP contribution in [0.15, 0.2) is 46.0 Å². The number of hydrogen-bond donors (Lipinski definition) is 1. The monoisotopic (exact) mass is 338 g/mol. The highest BCUT2D eigenvalue weighted by Crippen LogP contribution is 2.47. The van der Waals surface area contributed by atoms with Gasteiger partial charge in [0.25, 0.3) is 0 Å². The third-order valence-electron chi connectivity index (χ3n) is 5.45. The molecule has 0 unspecified atom stereocenters. The maximum atomic E-state index is 5.61. The number of aliphatic imine (C=N–C) groups is 1. The molecule has 2 aliphatic rings. The van der Waals surface area contributed by atoms with Crippen molar-refractivity contribution >= 4 is 5.96 Å². The van der Waals surface area contributed by atoms with Gasteiger partial charge in [0, 0.05) is 25.2 Å². The molecule has 1 aliphatic carbocycles. The Balaban J connectivity index is 1.44. The maximum Gasteiger partial charge on any atom is 0.226 e. The third-order valence-corrected chi connectivity index (χ3v) is 5.45. The van der Waals surface area contributed by atoms with E-state index >= 15 is 0 Å². The number of likely N-dealkylation sites (tertiary alicyclic amines) is 1. The van der Waals surface area contributed by atoms with Gasteiger partial charge in [-0.2, -0.15) is 0 Å². The molecule has 2 aromatic rings. The van der Waals surface area contributed by atoms with E-state index < -0.39 is 0 Å². The smallest absolute Gasteiger partial charge is 0.226 e. The zero-order valence-electron chi connectivity index (χ0n) is 14.9. The summed E-state index contributed by atoms with van der Waals surface area (Å²) in [6.07, 6.45) is 7.17. The van der Waals surface area contributed by atoms with Gasteiger partial charge >= 0.3 is 0 Å². The van der Waals surface area contributed by atoms with Gasteiger partial charge < -0.3 is 14.6 Å². The van der Waals surface area contributed by atoms with Crippen LogP contribution in [0.3, 0.4) is 0 Å². The van der Waals surface area contributed by atoms with E-state index in [0.717, 1.165) is 36.9 Å². The van der Waals surface area contributed by atoms with Gasteiger partial charge in [-0.15, -0.1) is 0 Å². The Hall–Kier alpha value is -2.30. The van der Waals surface area contributed by atoms with Crippen LogP contribution in [0.5, 0.6) is 0 Å². The minimum Gasteiger partial charge on any atom is -0.444 e. The predicted octanol–water partition coefficient (Wildman–Crippen LogP) is 3.68. The number of guanidine groups is 1. The van der Waals surface area contributed by atoms with Crippen LogP contribution in [0.25, 0.3) is 11.5 Å². The molecular formula is C20H26N4O. The number of nitrogens with one attached hydrogen (secondary N) is 1. The van der Waals surface area contributed by atoms with E-state index in [9.17, 15) is 0 Å². The molecule has 2 fully saturated rings. The van der Waals surface area contributed by atoms with Crippen molar-refractivity contribution < 1.29 is 4.42 Å². The molecule has 1 N–H and O–H groups in total. The number of rotatable bonds is 4. The summed E-state index contributed by atoms with van der Waals surface area (Å²) in [4.78, 5) is 11.8. The summed E-state index contributed by atoms with van der Waals surface area (Å²) in [5.74, 6) is 1.67. The number of benzene rings is 1. The van der Waals surface area contributed by atoms with Crippen molar-refractivity contribution in [1.29, 1.82) is 0 Å². The Morgan fingerprint density at radius 3 is 2.80 bits per heavy atom. The second kappa shape index (κ2) is 6.90. The molecule has 132 valence electrons. The molecule has 0 radical (unpaired) electrons. The first-order chi connectivity index (χ1) is 12.3. The zero-order valence-corrected chi connectivity index (χ0v) is 14.9. The van der Waals surface area contributed by atoms with Gasteiger partial charge in [-0.3, -0.25) is 0 Å². The Kier molecular flexibility index (Phi) is 4.47. The highest BCUT2D eigenvalue weighted by molar-refractivity contribution is 5.80. The third kappa shape index (κ3) is 3.41. The van der Waals surface area contributed by atoms with Crippen molar-refractivity contribution in [3.8, 4) is 11.5 Å². The fraction of sp³-hybridized carbons (Fsp3) is 0.500. The summed E-state index contributed by atoms with van der Waals surface area (Å²) in [7, 11) is 0. The molecule has 1 spiro atoms. The second-order valence-electron chi connectivity index (χ2n) is 7.21. The van der Waals surface area contributed by atoms with Crippen LogP contribution in [-0.4, -0.2) is 35.5 Å². The molecule has 0 bridgehead atoms. The summed E-state index contributed by atoms with van der Waals surface area (Å²) in [6, 6.07) is 9.98. The lowest BCUT2D eigenvalue weighted by molar-refractivity contribution is 0.151. The molecule has 1 aliphatic heterocycles. The molecule has 5 nitrogen and oxygen atoms in total. The van der Waals surface area contributed by atoms with Gasteiger partial charge in [0.05, 0.1) is 6.54 Å². The topological polar surface area (TPSA) is 53.7 Å². The summed E-state index contributed by atoms with van der Waals surface area (Å²) >= 11 is 0. The highest BCUT2D eigenvalue weighted by atomic mass is 16.3. The lowest BCUT2D eigenvalue weighted by Crippen LogP contribution is -2.42. The van der Waals surface area contributed by atoms with Crippen LogP contribution in [0, 0.1) is 5.41 Å². The van der Waals surface area contributed by atoms with Crippen LogP contribution in [-0.2, 0) is 6.54 Å². The largest absolute Gasteiger partial charge is 0.444 e. The van der Waals surface area contributed by atoms with E-state index in [-0.39, 0.29) is 0 Å². The first kappa shape index (κ1) is 16.2. The Morgan fingerprint density at radius 2 is 2.12 bits per heavy atom. The SMILES string of the molecule is CCNC(=NCc1coc(-c2ccccc2)n1)N1CCC2(CCC2)C1. The molecule has 1 saturated heterocycles. The van der Waals surface area contributed by atoms with Gasteiger partial charge in [0.2, 0.25) is 5.89 Å². The van der Waals surface area contributed by atoms with E-state index in [1.54, 1.807) is 6.26 Å². The molecule has 2 heterocycles. The van der Waals surface area contributed by atoms with Gasteiger partial charge in [-0.25, -0.2) is 9.98 Å². The molecule has 1 aromatic heterocycles. The summed E-state index contributed by atoms with van der Waals surface area (Å²) in [5.41, 5.74) is 2.44. The summed E-state index contributed by atoms with van der Waals surface area (Å²) < 4.78 is 5.61. The number of hydrogen-bond acceptors (Lipinski definition) is 3. The normalized spacial score (nSPS) is 19.2. The van der Waals surface area contributed by atoms with Crippen molar-refractivity contribution in [2.45, 2.75) is 39.2 Å². The van der Waals surface area contributed by atoms with E-state index in [1.165, 1.54) is 25.7 Å². The second-order valence-corrected chi connectivity index (χ2v) is 7.21. The van der Waals surface area contributed by atoms with Crippen molar-refractivity contribution in [3.63, 3.8) is 0 Å². The Bertz CT molecular complexity index is 733. The molecule has 25 heavy (non-hydrogen) atoms. The maximum absolute atomic E-state index is 5.61. The molecule has 0 amide bonds. The lowest BCUT2D eigenvalue weighted by atomic mass is 9.68. The van der Waals surface area contributed by atoms with Crippen molar-refractivity contribution in [2.75, 3.05) is 19.6 Å². The molecule has 4 rings (SSSR count). The van der Waals surface area contributed by atoms with Crippen LogP contribution < -0.4 is 5.32 Å². The first-order valence-corrected chi connectivity index (χ1v) is 9.31. The van der Waals surface area contributed by atoms with Crippen LogP contribution >= 0.6 is 0 Å². The quantitative estimate of drug-likeness (QED) is 0.682. The summed E-state index contributed by atoms with van der Waals surface area (Å²) in [6.45, 7) is 5.81. The van der Waals surface area contributed by atoms with Gasteiger partial charge in [-0.05, 0) is 43.7 Å². The van der Waals surface area contributed by atoms with Crippen molar-refractivity contribution in [1.82, 2.24) is 15.2 Å². The van der Waals surface area contributed by atoms with E-state index in [0.29, 0.717) is 17.9 Å². The standard InChI is InChI=1S/C20H26N4O/c1-2-21-19(24-12-11-20(15-24)9-6-10-20)22-13-17-14-25-18(23-17)16-7-4-3-5-8-16/h3-5,7-8,14H,2,6,9-13,15H2,1H3,(H,21,22). The average Bonchev–Trinajstić information content (AvgIpc) is 3.26. The minimum atomic E-state index is 0.544. The van der Waals surface area contributed by atoms with Crippen LogP contribution in [0.4, 0.5) is 0 Å². The fourth-order valence-corrected chi connectivity index (χ4v) is 3.88. The molecule has 1 aromatic carbocycles. The molecular weight excluding hydrogens is 312 g/mol. The Morgan fingerprint density at radius 1 is 1.28 bits per heavy atom. The van der Waals surface area contributed by atoms with Crippen molar-refractivity contribution in [3.05, 3.63) is 42.3 Å². The molecule has 1 saturated carbocycles. The fourth-order valence-electron chi connectivity index (χ4n) is 3.88. The zero-order chi connectivity index (χ0) is 17.1. The van der Waals surface area contributed by atoms with E-state index in [4.69, 9.17) is 9.41 Å². The van der Waals surface area contributed by atoms with E-state index in [2.05, 4.69) is 22.1 Å². The highest BCUT2D eigenvalue weighted by Gasteiger charge is 2.43. The number of oxazole rings is 1. The first-order valence-electron chi connectivity index (χ1n) is 9.31. The van der Waals surface area contributed by atoms with Crippen LogP contribution in [0.2, 0.25) is 0 Å². The van der Waals surface area contributed by atoms with Gasteiger partial charge in [-0.1, -0.05) is 24.6 Å². The summed E-state index contributed by atoms with van der Waals surface area (Å²) in [5, 5.41) is 3.44. The Labute approximate surface area is 149 Å². The van der Waals surface area contributed by atoms with E-state index in [1.807, 2.05) is 30.3 Å². The van der Waals surface area contributed by atoms with Crippen LogP contribution in [0.1, 0.15) is 38.3 Å². The lowest BCUT2D eigenvalue weighted by Gasteiger charge is -2.38. The average molecular weight is 338 g/mol. The minimum absolute atomic E-state index is 0.544. The molecule has 5 heteroatoms. The predicted molar refractivity (Wildman–Crippen MR) is 99.2 cm³/mol. The molecule has 0 atom stereocenters.